The van der Waals surface area contributed by atoms with Crippen LogP contribution in [0.25, 0.3) is 64.4 Å². The molecule has 47 heavy (non-hydrogen) atoms. The van der Waals surface area contributed by atoms with Gasteiger partial charge in [-0.3, -0.25) is 4.57 Å². The molecule has 3 heterocycles. The van der Waals surface area contributed by atoms with Gasteiger partial charge in [-0.1, -0.05) is 130 Å². The summed E-state index contributed by atoms with van der Waals surface area (Å²) in [6.45, 7) is 9.22. The first-order valence-electron chi connectivity index (χ1n) is 16.2. The smallest absolute Gasteiger partial charge is 0.146 e. The Bertz CT molecular complexity index is 2710. The van der Waals surface area contributed by atoms with Crippen LogP contribution in [0.1, 0.15) is 41.7 Å². The Morgan fingerprint density at radius 1 is 0.617 bits per heavy atom. The number of fused-ring (bicyclic) bond motifs is 12. The molecule has 1 aliphatic heterocycles. The average molecular weight is 619 g/mol. The Hall–Kier alpha value is -5.51. The summed E-state index contributed by atoms with van der Waals surface area (Å²) < 4.78 is 5.04. The van der Waals surface area contributed by atoms with E-state index in [4.69, 9.17) is 4.99 Å². The highest BCUT2D eigenvalue weighted by molar-refractivity contribution is 7.27. The van der Waals surface area contributed by atoms with Crippen molar-refractivity contribution < 1.29 is 0 Å². The Morgan fingerprint density at radius 2 is 1.34 bits per heavy atom. The van der Waals surface area contributed by atoms with Crippen LogP contribution in [0.15, 0.2) is 145 Å². The highest BCUT2D eigenvalue weighted by Crippen LogP contribution is 2.54. The molecule has 8 aromatic rings. The lowest BCUT2D eigenvalue weighted by Crippen LogP contribution is -2.14. The van der Waals surface area contributed by atoms with Crippen molar-refractivity contribution in [2.24, 2.45) is 4.99 Å². The van der Waals surface area contributed by atoms with Crippen molar-refractivity contribution in [3.8, 4) is 11.1 Å². The van der Waals surface area contributed by atoms with E-state index in [-0.39, 0.29) is 5.41 Å². The molecule has 0 saturated heterocycles. The fraction of sp³-hybridized carbons (Fsp3) is 0.0682. The molecular formula is C44H30N2S. The lowest BCUT2D eigenvalue weighted by atomic mass is 9.82. The molecule has 2 nitrogen and oxygen atoms in total. The van der Waals surface area contributed by atoms with E-state index in [1.165, 1.54) is 53.2 Å². The summed E-state index contributed by atoms with van der Waals surface area (Å²) in [5, 5.41) is 5.23. The number of hydrogen-bond donors (Lipinski definition) is 0. The minimum Gasteiger partial charge on any atom is -0.293 e. The average Bonchev–Trinajstić information content (AvgIpc) is 3.69. The van der Waals surface area contributed by atoms with Crippen LogP contribution in [0.3, 0.4) is 0 Å². The summed E-state index contributed by atoms with van der Waals surface area (Å²) >= 11 is 1.92. The van der Waals surface area contributed by atoms with Crippen molar-refractivity contribution in [3.63, 3.8) is 0 Å². The molecule has 0 spiro atoms. The number of aromatic nitrogens is 1. The van der Waals surface area contributed by atoms with Gasteiger partial charge in [0.2, 0.25) is 0 Å². The van der Waals surface area contributed by atoms with Gasteiger partial charge in [-0.2, -0.15) is 0 Å². The minimum absolute atomic E-state index is 0.0342. The van der Waals surface area contributed by atoms with Crippen LogP contribution in [0.4, 0.5) is 0 Å². The molecular weight excluding hydrogens is 589 g/mol. The number of aliphatic imine (C=N–C) groups is 1. The quantitative estimate of drug-likeness (QED) is 0.174. The van der Waals surface area contributed by atoms with Gasteiger partial charge in [-0.25, -0.2) is 4.99 Å². The summed E-state index contributed by atoms with van der Waals surface area (Å²) in [7, 11) is 0. The van der Waals surface area contributed by atoms with E-state index in [0.29, 0.717) is 0 Å². The monoisotopic (exact) mass is 618 g/mol. The minimum atomic E-state index is -0.0342. The summed E-state index contributed by atoms with van der Waals surface area (Å²) in [6, 6.07) is 46.2. The largest absolute Gasteiger partial charge is 0.293 e. The normalized spacial score (nSPS) is 15.1. The zero-order valence-electron chi connectivity index (χ0n) is 26.2. The van der Waals surface area contributed by atoms with Crippen molar-refractivity contribution in [2.75, 3.05) is 0 Å². The third-order valence-electron chi connectivity index (χ3n) is 10.3. The highest BCUT2D eigenvalue weighted by Gasteiger charge is 2.37. The maximum atomic E-state index is 5.47. The van der Waals surface area contributed by atoms with Crippen LogP contribution >= 0.6 is 11.3 Å². The van der Waals surface area contributed by atoms with E-state index in [0.717, 1.165) is 44.8 Å². The molecule has 10 rings (SSSR count). The number of rotatable bonds is 1. The molecule has 0 unspecified atom stereocenters. The molecule has 1 aliphatic carbocycles. The van der Waals surface area contributed by atoms with E-state index >= 15 is 0 Å². The fourth-order valence-corrected chi connectivity index (χ4v) is 9.40. The van der Waals surface area contributed by atoms with Gasteiger partial charge in [0, 0.05) is 47.5 Å². The summed E-state index contributed by atoms with van der Waals surface area (Å²) in [5.41, 5.74) is 13.0. The molecule has 0 bridgehead atoms. The zero-order valence-corrected chi connectivity index (χ0v) is 27.0. The Kier molecular flexibility index (Phi) is 5.40. The summed E-state index contributed by atoms with van der Waals surface area (Å²) in [6.07, 6.45) is 2.12. The molecule has 2 aliphatic rings. The number of para-hydroxylation sites is 1. The first-order chi connectivity index (χ1) is 23.0. The second-order valence-corrected chi connectivity index (χ2v) is 14.3. The van der Waals surface area contributed by atoms with Gasteiger partial charge in [0.1, 0.15) is 5.84 Å². The maximum absolute atomic E-state index is 5.47. The lowest BCUT2D eigenvalue weighted by molar-refractivity contribution is 0.661. The molecule has 0 saturated carbocycles. The third kappa shape index (κ3) is 3.58. The van der Waals surface area contributed by atoms with Gasteiger partial charge in [-0.05, 0) is 57.7 Å². The van der Waals surface area contributed by atoms with Crippen LogP contribution in [-0.2, 0) is 5.41 Å². The van der Waals surface area contributed by atoms with Crippen LogP contribution in [0, 0.1) is 0 Å². The number of benzene rings is 6. The van der Waals surface area contributed by atoms with E-state index in [2.05, 4.69) is 152 Å². The third-order valence-corrected chi connectivity index (χ3v) is 11.5. The van der Waals surface area contributed by atoms with E-state index in [1.807, 2.05) is 17.4 Å². The Morgan fingerprint density at radius 3 is 2.19 bits per heavy atom. The number of hydrogen-bond acceptors (Lipinski definition) is 2. The zero-order chi connectivity index (χ0) is 31.4. The highest BCUT2D eigenvalue weighted by atomic mass is 32.1. The van der Waals surface area contributed by atoms with E-state index in [1.54, 1.807) is 0 Å². The van der Waals surface area contributed by atoms with Gasteiger partial charge in [0.25, 0.3) is 0 Å². The van der Waals surface area contributed by atoms with Gasteiger partial charge < -0.3 is 0 Å². The van der Waals surface area contributed by atoms with Gasteiger partial charge in [-0.15, -0.1) is 11.3 Å². The number of nitrogens with zero attached hydrogens (tertiary/aromatic N) is 2. The molecule has 0 fully saturated rings. The van der Waals surface area contributed by atoms with Crippen molar-refractivity contribution in [1.29, 1.82) is 0 Å². The molecule has 0 atom stereocenters. The van der Waals surface area contributed by atoms with Gasteiger partial charge in [0.15, 0.2) is 0 Å². The first kappa shape index (κ1) is 26.7. The first-order valence-corrected chi connectivity index (χ1v) is 17.0. The lowest BCUT2D eigenvalue weighted by Gasteiger charge is -2.21. The fourth-order valence-electron chi connectivity index (χ4n) is 8.13. The van der Waals surface area contributed by atoms with Crippen LogP contribution in [0.2, 0.25) is 0 Å². The second-order valence-electron chi connectivity index (χ2n) is 13.2. The number of thiophene rings is 1. The van der Waals surface area contributed by atoms with Crippen molar-refractivity contribution in [2.45, 2.75) is 19.3 Å². The maximum Gasteiger partial charge on any atom is 0.146 e. The second kappa shape index (κ2) is 9.51. The van der Waals surface area contributed by atoms with Crippen molar-refractivity contribution in [1.82, 2.24) is 4.57 Å². The number of allylic oxidation sites excluding steroid dienone is 2. The van der Waals surface area contributed by atoms with Gasteiger partial charge >= 0.3 is 0 Å². The van der Waals surface area contributed by atoms with Crippen LogP contribution in [0.5, 0.6) is 0 Å². The summed E-state index contributed by atoms with van der Waals surface area (Å²) in [4.78, 5) is 5.47. The predicted octanol–water partition coefficient (Wildman–Crippen LogP) is 11.8. The molecule has 6 aromatic carbocycles. The molecule has 222 valence electrons. The van der Waals surface area contributed by atoms with E-state index < -0.39 is 0 Å². The Balaban J connectivity index is 1.32. The standard InChI is InChI=1S/C44H30N2S/c1-26-25-35(27-13-5-4-6-14-27)45-43(29-16-8-7-15-28(26)29)46-36-20-12-10-18-31(36)40-37(46)23-21-32-41-38(47-42(32)40)24-22-34-39(41)30-17-9-11-19-33(30)44(34,2)3/h4-25H,1H2,2-3H3. The van der Waals surface area contributed by atoms with Crippen molar-refractivity contribution in [3.05, 3.63) is 168 Å². The topological polar surface area (TPSA) is 17.3 Å². The van der Waals surface area contributed by atoms with E-state index in [9.17, 15) is 0 Å². The molecule has 2 aromatic heterocycles. The Labute approximate surface area is 277 Å². The summed E-state index contributed by atoms with van der Waals surface area (Å²) in [5.74, 6) is 0.914. The van der Waals surface area contributed by atoms with Crippen LogP contribution < -0.4 is 0 Å². The molecule has 0 N–H and O–H groups in total. The van der Waals surface area contributed by atoms with Gasteiger partial charge in [0.05, 0.1) is 16.7 Å². The van der Waals surface area contributed by atoms with Crippen LogP contribution in [-0.4, -0.2) is 10.4 Å². The predicted molar refractivity (Wildman–Crippen MR) is 202 cm³/mol. The molecule has 3 heteroatoms. The molecule has 0 amide bonds. The SMILES string of the molecule is C=C1C=C(c2ccccc2)N=C(n2c3ccccc3c3c4sc5ccc6c(c5c4ccc32)-c2ccccc2C6(C)C)c2ccccc21. The van der Waals surface area contributed by atoms with Crippen molar-refractivity contribution >= 4 is 70.4 Å². The molecule has 0 radical (unpaired) electrons.